The molecule has 1 unspecified atom stereocenters. The van der Waals surface area contributed by atoms with E-state index >= 15 is 0 Å². The molecule has 1 atom stereocenters. The van der Waals surface area contributed by atoms with Crippen LogP contribution in [0, 0.1) is 19.8 Å². The molecule has 1 saturated heterocycles. The maximum atomic E-state index is 14.4. The number of amides is 2. The number of carbonyl (C=O) groups is 2. The minimum absolute atomic E-state index is 0.163. The van der Waals surface area contributed by atoms with E-state index in [0.717, 1.165) is 69.0 Å². The number of hydrogen-bond donors (Lipinski definition) is 3. The number of benzene rings is 3. The fraction of sp³-hybridized carbons (Fsp3) is 0.342. The molecule has 0 spiro atoms. The average molecular weight is 668 g/mol. The number of hydrogen-bond acceptors (Lipinski definition) is 5. The van der Waals surface area contributed by atoms with Crippen molar-refractivity contribution >= 4 is 56.3 Å². The zero-order chi connectivity index (χ0) is 33.3. The highest BCUT2D eigenvalue weighted by molar-refractivity contribution is 7.19. The third-order valence-corrected chi connectivity index (χ3v) is 10.6. The molecule has 0 saturated carbocycles. The SMILES string of the molecule is Cc1ccc(-n2nc(C(C)(C)C)cc2NC(=O)Nc2ccccc2C(C(=O)Cc2sc3ccc(Cl)cc3c2C)C2CCNCC2)cc1. The van der Waals surface area contributed by atoms with Gasteiger partial charge in [-0.3, -0.25) is 10.1 Å². The monoisotopic (exact) mass is 667 g/mol. The number of halogens is 1. The Hall–Kier alpha value is -3.98. The number of rotatable bonds is 8. The average Bonchev–Trinajstić information content (AvgIpc) is 3.60. The number of anilines is 2. The second-order valence-electron chi connectivity index (χ2n) is 13.6. The molecule has 0 radical (unpaired) electrons. The van der Waals surface area contributed by atoms with Gasteiger partial charge < -0.3 is 10.6 Å². The van der Waals surface area contributed by atoms with Gasteiger partial charge in [0.15, 0.2) is 0 Å². The number of nitrogens with one attached hydrogen (secondary N) is 3. The van der Waals surface area contributed by atoms with Gasteiger partial charge in [0.1, 0.15) is 11.6 Å². The molecule has 9 heteroatoms. The number of fused-ring (bicyclic) bond motifs is 1. The van der Waals surface area contributed by atoms with Crippen molar-refractivity contribution in [3.05, 3.63) is 105 Å². The van der Waals surface area contributed by atoms with Crippen LogP contribution in [0.2, 0.25) is 5.02 Å². The maximum Gasteiger partial charge on any atom is 0.324 e. The fourth-order valence-corrected chi connectivity index (χ4v) is 7.79. The van der Waals surface area contributed by atoms with Crippen LogP contribution in [0.4, 0.5) is 16.3 Å². The van der Waals surface area contributed by atoms with Crippen molar-refractivity contribution in [2.75, 3.05) is 23.7 Å². The molecule has 0 aliphatic carbocycles. The summed E-state index contributed by atoms with van der Waals surface area (Å²) in [5, 5.41) is 16.2. The van der Waals surface area contributed by atoms with Crippen LogP contribution in [0.1, 0.15) is 66.8 Å². The lowest BCUT2D eigenvalue weighted by Gasteiger charge is -2.31. The van der Waals surface area contributed by atoms with E-state index in [9.17, 15) is 9.59 Å². The third kappa shape index (κ3) is 7.30. The van der Waals surface area contributed by atoms with Crippen molar-refractivity contribution in [2.45, 2.75) is 65.2 Å². The van der Waals surface area contributed by atoms with Crippen molar-refractivity contribution < 1.29 is 9.59 Å². The van der Waals surface area contributed by atoms with Gasteiger partial charge in [0, 0.05) is 44.1 Å². The van der Waals surface area contributed by atoms with Crippen LogP contribution in [0.3, 0.4) is 0 Å². The third-order valence-electron chi connectivity index (χ3n) is 9.08. The van der Waals surface area contributed by atoms with Crippen LogP contribution < -0.4 is 16.0 Å². The summed E-state index contributed by atoms with van der Waals surface area (Å²) in [6, 6.07) is 23.2. The Balaban J connectivity index is 1.29. The van der Waals surface area contributed by atoms with Crippen molar-refractivity contribution in [1.82, 2.24) is 15.1 Å². The number of para-hydroxylation sites is 1. The summed E-state index contributed by atoms with van der Waals surface area (Å²) in [5.41, 5.74) is 5.25. The standard InChI is InChI=1S/C38H42ClN5O2S/c1-23-10-13-27(14-11-23)44-35(22-34(43-44)38(3,4)5)42-37(46)41-30-9-7-6-8-28(30)36(25-16-18-40-19-17-25)31(45)21-33-24(2)29-20-26(39)12-15-32(29)47-33/h6-15,20,22,25,36,40H,16-19,21H2,1-5H3,(H2,41,42,46). The second kappa shape index (κ2) is 13.6. The van der Waals surface area contributed by atoms with Crippen LogP contribution in [-0.2, 0) is 16.6 Å². The summed E-state index contributed by atoms with van der Waals surface area (Å²) in [4.78, 5) is 29.1. The maximum absolute atomic E-state index is 14.4. The van der Waals surface area contributed by atoms with E-state index in [-0.39, 0.29) is 29.1 Å². The zero-order valence-corrected chi connectivity index (χ0v) is 29.2. The topological polar surface area (TPSA) is 88.1 Å². The normalized spacial score (nSPS) is 14.7. The summed E-state index contributed by atoms with van der Waals surface area (Å²) in [6.07, 6.45) is 2.12. The van der Waals surface area contributed by atoms with E-state index in [4.69, 9.17) is 16.7 Å². The lowest BCUT2D eigenvalue weighted by Crippen LogP contribution is -2.34. The van der Waals surface area contributed by atoms with E-state index in [1.165, 1.54) is 0 Å². The minimum atomic E-state index is -0.389. The van der Waals surface area contributed by atoms with Gasteiger partial charge in [-0.05, 0) is 98.6 Å². The molecule has 47 heavy (non-hydrogen) atoms. The van der Waals surface area contributed by atoms with Gasteiger partial charge in [-0.15, -0.1) is 11.3 Å². The van der Waals surface area contributed by atoms with Crippen molar-refractivity contribution in [3.63, 3.8) is 0 Å². The van der Waals surface area contributed by atoms with Gasteiger partial charge >= 0.3 is 6.03 Å². The minimum Gasteiger partial charge on any atom is -0.317 e. The van der Waals surface area contributed by atoms with E-state index in [0.29, 0.717) is 22.9 Å². The first-order valence-corrected chi connectivity index (χ1v) is 17.4. The van der Waals surface area contributed by atoms with E-state index in [2.05, 4.69) is 43.6 Å². The summed E-state index contributed by atoms with van der Waals surface area (Å²) in [7, 11) is 0. The van der Waals surface area contributed by atoms with Gasteiger partial charge in [0.05, 0.1) is 11.4 Å². The lowest BCUT2D eigenvalue weighted by atomic mass is 9.76. The summed E-state index contributed by atoms with van der Waals surface area (Å²) < 4.78 is 2.90. The fourth-order valence-electron chi connectivity index (χ4n) is 6.42. The molecule has 3 heterocycles. The Labute approximate surface area is 285 Å². The molecule has 7 nitrogen and oxygen atoms in total. The predicted molar refractivity (Wildman–Crippen MR) is 195 cm³/mol. The quantitative estimate of drug-likeness (QED) is 0.154. The molecular formula is C38H42ClN5O2S. The molecule has 1 aliphatic heterocycles. The zero-order valence-electron chi connectivity index (χ0n) is 27.6. The first-order chi connectivity index (χ1) is 22.5. The molecule has 6 rings (SSSR count). The Morgan fingerprint density at radius 1 is 1.00 bits per heavy atom. The number of ketones is 1. The number of nitrogens with zero attached hydrogens (tertiary/aromatic N) is 2. The molecule has 5 aromatic rings. The molecule has 3 N–H and O–H groups in total. The van der Waals surface area contributed by atoms with Gasteiger partial charge in [0.25, 0.3) is 0 Å². The molecule has 244 valence electrons. The highest BCUT2D eigenvalue weighted by Gasteiger charge is 2.33. The molecule has 0 bridgehead atoms. The molecular weight excluding hydrogens is 626 g/mol. The van der Waals surface area contributed by atoms with Crippen LogP contribution >= 0.6 is 22.9 Å². The van der Waals surface area contributed by atoms with Crippen LogP contribution in [0.5, 0.6) is 0 Å². The van der Waals surface area contributed by atoms with Crippen LogP contribution in [0.25, 0.3) is 15.8 Å². The van der Waals surface area contributed by atoms with Crippen molar-refractivity contribution in [3.8, 4) is 5.69 Å². The van der Waals surface area contributed by atoms with E-state index in [1.807, 2.05) is 79.7 Å². The molecule has 1 fully saturated rings. The van der Waals surface area contributed by atoms with Crippen LogP contribution in [0.15, 0.2) is 72.8 Å². The van der Waals surface area contributed by atoms with Gasteiger partial charge in [-0.1, -0.05) is 68.3 Å². The molecule has 3 aromatic carbocycles. The number of aromatic nitrogens is 2. The van der Waals surface area contributed by atoms with Gasteiger partial charge in [-0.25, -0.2) is 9.48 Å². The second-order valence-corrected chi connectivity index (χ2v) is 15.2. The Kier molecular flexibility index (Phi) is 9.55. The van der Waals surface area contributed by atoms with Crippen molar-refractivity contribution in [2.24, 2.45) is 5.92 Å². The summed E-state index contributed by atoms with van der Waals surface area (Å²) >= 11 is 7.96. The van der Waals surface area contributed by atoms with Crippen molar-refractivity contribution in [1.29, 1.82) is 0 Å². The number of Topliss-reactive ketones (excluding diaryl/α,β-unsaturated/α-hetero) is 1. The Morgan fingerprint density at radius 2 is 1.72 bits per heavy atom. The van der Waals surface area contributed by atoms with E-state index < -0.39 is 0 Å². The number of piperidine rings is 1. The largest absolute Gasteiger partial charge is 0.324 e. The number of thiophene rings is 1. The molecule has 2 aromatic heterocycles. The van der Waals surface area contributed by atoms with Gasteiger partial charge in [-0.2, -0.15) is 5.10 Å². The first kappa shape index (κ1) is 32.9. The highest BCUT2D eigenvalue weighted by atomic mass is 35.5. The number of aryl methyl sites for hydroxylation is 2. The Bertz CT molecular complexity index is 1910. The summed E-state index contributed by atoms with van der Waals surface area (Å²) in [6.45, 7) is 12.1. The number of urea groups is 1. The molecule has 1 aliphatic rings. The lowest BCUT2D eigenvalue weighted by molar-refractivity contribution is -0.121. The van der Waals surface area contributed by atoms with Gasteiger partial charge in [0.2, 0.25) is 0 Å². The smallest absolute Gasteiger partial charge is 0.317 e. The van der Waals surface area contributed by atoms with Crippen LogP contribution in [-0.4, -0.2) is 34.7 Å². The Morgan fingerprint density at radius 3 is 2.45 bits per heavy atom. The first-order valence-electron chi connectivity index (χ1n) is 16.2. The summed E-state index contributed by atoms with van der Waals surface area (Å²) in [5.74, 6) is 0.545. The predicted octanol–water partition coefficient (Wildman–Crippen LogP) is 9.19. The highest BCUT2D eigenvalue weighted by Crippen LogP contribution is 2.39. The number of carbonyl (C=O) groups excluding carboxylic acids is 2. The van der Waals surface area contributed by atoms with E-state index in [1.54, 1.807) is 16.0 Å². The molecule has 2 amide bonds.